The number of carbonyl (C=O) groups is 1. The van der Waals surface area contributed by atoms with E-state index in [1.165, 1.54) is 31.9 Å². The molecule has 8 heteroatoms. The van der Waals surface area contributed by atoms with Crippen molar-refractivity contribution in [2.75, 3.05) is 26.7 Å². The van der Waals surface area contributed by atoms with E-state index >= 15 is 0 Å². The first kappa shape index (κ1) is 24.6. The fourth-order valence-corrected chi connectivity index (χ4v) is 3.83. The number of hydrogen-bond acceptors (Lipinski definition) is 7. The summed E-state index contributed by atoms with van der Waals surface area (Å²) in [6.07, 6.45) is 7.41. The van der Waals surface area contributed by atoms with Gasteiger partial charge in [0.25, 0.3) is 5.91 Å². The highest BCUT2D eigenvalue weighted by Crippen LogP contribution is 2.24. The minimum Gasteiger partial charge on any atom is -0.497 e. The Balaban J connectivity index is 0.000000222. The Labute approximate surface area is 196 Å². The number of oxazole rings is 1. The van der Waals surface area contributed by atoms with Crippen molar-refractivity contribution in [2.45, 2.75) is 63.4 Å². The second-order valence-electron chi connectivity index (χ2n) is 8.65. The Morgan fingerprint density at radius 1 is 1.28 bits per heavy atom. The minimum atomic E-state index is -0.139. The third-order valence-electron chi connectivity index (χ3n) is 5.84. The molecule has 1 saturated carbocycles. The number of hydrogen-bond donors (Lipinski definition) is 4. The van der Waals surface area contributed by atoms with Crippen molar-refractivity contribution < 1.29 is 13.9 Å². The molecule has 0 spiro atoms. The van der Waals surface area contributed by atoms with Crippen LogP contribution in [-0.4, -0.2) is 43.7 Å². The molecule has 1 saturated heterocycles. The number of nitrogens with zero attached hydrogens (tertiary/aromatic N) is 1. The molecule has 1 atom stereocenters. The van der Waals surface area contributed by atoms with Crippen molar-refractivity contribution in [2.24, 2.45) is 5.92 Å². The number of carbonyl (C=O) groups excluding carboxylic acids is 1. The van der Waals surface area contributed by atoms with Gasteiger partial charge in [-0.2, -0.15) is 0 Å². The summed E-state index contributed by atoms with van der Waals surface area (Å²) >= 11 is 4.34. The molecule has 0 bridgehead atoms. The molecule has 176 valence electrons. The van der Waals surface area contributed by atoms with Crippen LogP contribution < -0.4 is 20.7 Å². The van der Waals surface area contributed by atoms with E-state index in [0.29, 0.717) is 36.6 Å². The summed E-state index contributed by atoms with van der Waals surface area (Å²) in [7, 11) is 1.67. The summed E-state index contributed by atoms with van der Waals surface area (Å²) in [6.45, 7) is 7.55. The maximum absolute atomic E-state index is 12.0. The number of ether oxygens (including phenoxy) is 1. The largest absolute Gasteiger partial charge is 0.497 e. The number of aryl methyl sites for hydroxylation is 2. The van der Waals surface area contributed by atoms with E-state index in [0.717, 1.165) is 41.3 Å². The van der Waals surface area contributed by atoms with Gasteiger partial charge in [-0.3, -0.25) is 4.79 Å². The normalized spacial score (nSPS) is 17.9. The third kappa shape index (κ3) is 7.83. The van der Waals surface area contributed by atoms with Crippen molar-refractivity contribution in [3.05, 3.63) is 41.1 Å². The summed E-state index contributed by atoms with van der Waals surface area (Å²) in [5.74, 6) is 2.02. The lowest BCUT2D eigenvalue weighted by molar-refractivity contribution is 0.0945. The zero-order valence-corrected chi connectivity index (χ0v) is 20.3. The van der Waals surface area contributed by atoms with Gasteiger partial charge < -0.3 is 25.1 Å². The average Bonchev–Trinajstić information content (AvgIpc) is 3.51. The van der Waals surface area contributed by atoms with E-state index in [1.54, 1.807) is 7.11 Å². The molecule has 1 aliphatic heterocycles. The fourth-order valence-electron chi connectivity index (χ4n) is 3.70. The van der Waals surface area contributed by atoms with Gasteiger partial charge in [0.15, 0.2) is 5.69 Å². The van der Waals surface area contributed by atoms with Crippen LogP contribution in [0.15, 0.2) is 27.7 Å². The highest BCUT2D eigenvalue weighted by molar-refractivity contribution is 7.80. The Morgan fingerprint density at radius 2 is 2.03 bits per heavy atom. The fraction of sp³-hybridized carbons (Fsp3) is 0.583. The molecule has 2 fully saturated rings. The molecule has 1 unspecified atom stereocenters. The van der Waals surface area contributed by atoms with Crippen molar-refractivity contribution in [1.29, 1.82) is 0 Å². The van der Waals surface area contributed by atoms with Crippen molar-refractivity contribution in [1.82, 2.24) is 20.9 Å². The van der Waals surface area contributed by atoms with Gasteiger partial charge in [-0.15, -0.1) is 12.6 Å². The maximum atomic E-state index is 12.0. The van der Waals surface area contributed by atoms with Gasteiger partial charge >= 0.3 is 0 Å². The van der Waals surface area contributed by atoms with Crippen LogP contribution >= 0.6 is 12.6 Å². The first-order valence-electron chi connectivity index (χ1n) is 11.5. The Bertz CT molecular complexity index is 853. The monoisotopic (exact) mass is 460 g/mol. The van der Waals surface area contributed by atoms with E-state index in [9.17, 15) is 4.79 Å². The van der Waals surface area contributed by atoms with Crippen LogP contribution in [0.2, 0.25) is 0 Å². The van der Waals surface area contributed by atoms with Crippen molar-refractivity contribution in [3.63, 3.8) is 0 Å². The van der Waals surface area contributed by atoms with E-state index in [1.807, 2.05) is 26.0 Å². The number of methoxy groups -OCH3 is 1. The molecule has 0 radical (unpaired) electrons. The van der Waals surface area contributed by atoms with Crippen LogP contribution in [0.25, 0.3) is 0 Å². The molecule has 1 aliphatic carbocycles. The second kappa shape index (κ2) is 12.3. The summed E-state index contributed by atoms with van der Waals surface area (Å²) in [4.78, 5) is 17.2. The Hall–Kier alpha value is -2.03. The summed E-state index contributed by atoms with van der Waals surface area (Å²) in [5.41, 5.74) is 2.69. The predicted octanol–water partition coefficient (Wildman–Crippen LogP) is 3.65. The zero-order chi connectivity index (χ0) is 22.9. The van der Waals surface area contributed by atoms with Crippen molar-refractivity contribution in [3.8, 4) is 5.75 Å². The molecule has 2 heterocycles. The highest BCUT2D eigenvalue weighted by Gasteiger charge is 2.21. The summed E-state index contributed by atoms with van der Waals surface area (Å²) < 4.78 is 10.4. The van der Waals surface area contributed by atoms with Crippen LogP contribution in [-0.2, 0) is 6.54 Å². The number of nitrogens with one attached hydrogen (secondary N) is 3. The molecule has 1 amide bonds. The number of benzene rings is 1. The number of piperidine rings is 1. The SMILES string of the molecule is COc1cc(C)c(S)c(C)c1.O=C(NCCC1CCCNC1)c1coc(CNC2CC2)n1. The lowest BCUT2D eigenvalue weighted by atomic mass is 9.96. The van der Waals surface area contributed by atoms with Gasteiger partial charge in [-0.1, -0.05) is 0 Å². The maximum Gasteiger partial charge on any atom is 0.273 e. The molecule has 2 aromatic rings. The molecular formula is C24H36N4O3S. The van der Waals surface area contributed by atoms with Gasteiger partial charge in [-0.05, 0) is 88.2 Å². The topological polar surface area (TPSA) is 88.4 Å². The molecule has 2 aliphatic rings. The van der Waals surface area contributed by atoms with E-state index in [2.05, 4.69) is 33.6 Å². The van der Waals surface area contributed by atoms with Crippen molar-refractivity contribution >= 4 is 18.5 Å². The highest BCUT2D eigenvalue weighted by atomic mass is 32.1. The number of thiol groups is 1. The molecule has 1 aromatic carbocycles. The molecule has 4 rings (SSSR count). The molecule has 3 N–H and O–H groups in total. The van der Waals surface area contributed by atoms with E-state index in [4.69, 9.17) is 9.15 Å². The number of amides is 1. The molecule has 7 nitrogen and oxygen atoms in total. The first-order chi connectivity index (χ1) is 15.5. The van der Waals surface area contributed by atoms with Gasteiger partial charge in [0, 0.05) is 17.5 Å². The van der Waals surface area contributed by atoms with Crippen LogP contribution in [0.3, 0.4) is 0 Å². The zero-order valence-electron chi connectivity index (χ0n) is 19.4. The average molecular weight is 461 g/mol. The smallest absolute Gasteiger partial charge is 0.273 e. The Kier molecular flexibility index (Phi) is 9.44. The number of aromatic nitrogens is 1. The molecular weight excluding hydrogens is 424 g/mol. The van der Waals surface area contributed by atoms with Gasteiger partial charge in [0.1, 0.15) is 12.0 Å². The standard InChI is InChI=1S/C15H24N4O2.C9H12OS/c20-15(17-7-5-11-2-1-6-16-8-11)13-10-21-14(19-13)9-18-12-3-4-12;1-6-4-8(10-3)5-7(2)9(6)11/h10-12,16,18H,1-9H2,(H,17,20);4-5,11H,1-3H3. The molecule has 32 heavy (non-hydrogen) atoms. The molecule has 1 aromatic heterocycles. The lowest BCUT2D eigenvalue weighted by Crippen LogP contribution is -2.33. The lowest BCUT2D eigenvalue weighted by Gasteiger charge is -2.22. The van der Waals surface area contributed by atoms with Gasteiger partial charge in [-0.25, -0.2) is 4.98 Å². The van der Waals surface area contributed by atoms with Gasteiger partial charge in [0.2, 0.25) is 5.89 Å². The minimum absolute atomic E-state index is 0.139. The van der Waals surface area contributed by atoms with E-state index < -0.39 is 0 Å². The van der Waals surface area contributed by atoms with Gasteiger partial charge in [0.05, 0.1) is 13.7 Å². The van der Waals surface area contributed by atoms with Crippen LogP contribution in [0.5, 0.6) is 5.75 Å². The Morgan fingerprint density at radius 3 is 2.66 bits per heavy atom. The van der Waals surface area contributed by atoms with Crippen LogP contribution in [0.4, 0.5) is 0 Å². The number of rotatable bonds is 8. The quantitative estimate of drug-likeness (QED) is 0.450. The van der Waals surface area contributed by atoms with Crippen LogP contribution in [0.1, 0.15) is 59.6 Å². The predicted molar refractivity (Wildman–Crippen MR) is 129 cm³/mol. The van der Waals surface area contributed by atoms with Crippen LogP contribution in [0, 0.1) is 19.8 Å². The first-order valence-corrected chi connectivity index (χ1v) is 11.9. The summed E-state index contributed by atoms with van der Waals surface area (Å²) in [5, 5.41) is 9.63. The third-order valence-corrected chi connectivity index (χ3v) is 6.55. The van der Waals surface area contributed by atoms with E-state index in [-0.39, 0.29) is 5.91 Å². The summed E-state index contributed by atoms with van der Waals surface area (Å²) in [6, 6.07) is 4.57. The second-order valence-corrected chi connectivity index (χ2v) is 9.10.